The van der Waals surface area contributed by atoms with E-state index < -0.39 is 0 Å². The second-order valence-corrected chi connectivity index (χ2v) is 5.13. The Morgan fingerprint density at radius 2 is 1.69 bits per heavy atom. The molecule has 16 heavy (non-hydrogen) atoms. The zero-order chi connectivity index (χ0) is 12.4. The van der Waals surface area contributed by atoms with Crippen molar-refractivity contribution in [2.75, 3.05) is 19.6 Å². The van der Waals surface area contributed by atoms with Gasteiger partial charge in [-0.3, -0.25) is 0 Å². The predicted octanol–water partition coefficient (Wildman–Crippen LogP) is 3.28. The number of nitrogens with one attached hydrogen (secondary N) is 1. The molecule has 0 fully saturated rings. The van der Waals surface area contributed by atoms with Crippen molar-refractivity contribution < 1.29 is 0 Å². The fraction of sp³-hybridized carbons (Fsp3) is 1.00. The van der Waals surface area contributed by atoms with E-state index in [1.54, 1.807) is 0 Å². The number of rotatable bonds is 10. The summed E-state index contributed by atoms with van der Waals surface area (Å²) in [5.74, 6) is 0. The highest BCUT2D eigenvalue weighted by Crippen LogP contribution is 2.04. The topological polar surface area (TPSA) is 15.3 Å². The number of hydrogen-bond acceptors (Lipinski definition) is 2. The molecule has 2 nitrogen and oxygen atoms in total. The summed E-state index contributed by atoms with van der Waals surface area (Å²) in [6.07, 6.45) is 5.11. The van der Waals surface area contributed by atoms with Crippen LogP contribution in [0.2, 0.25) is 0 Å². The van der Waals surface area contributed by atoms with Crippen molar-refractivity contribution in [3.63, 3.8) is 0 Å². The molecule has 0 saturated heterocycles. The standard InChI is InChI=1S/C14H32N2/c1-6-10-15-14(5)9-8-12-16(11-7-2)13(3)4/h13-15H,6-12H2,1-5H3. The van der Waals surface area contributed by atoms with Crippen LogP contribution >= 0.6 is 0 Å². The van der Waals surface area contributed by atoms with Gasteiger partial charge in [-0.05, 0) is 66.1 Å². The van der Waals surface area contributed by atoms with E-state index in [2.05, 4.69) is 44.8 Å². The van der Waals surface area contributed by atoms with Crippen LogP contribution in [0.3, 0.4) is 0 Å². The average molecular weight is 228 g/mol. The van der Waals surface area contributed by atoms with E-state index in [0.29, 0.717) is 12.1 Å². The summed E-state index contributed by atoms with van der Waals surface area (Å²) < 4.78 is 0. The highest BCUT2D eigenvalue weighted by Gasteiger charge is 2.08. The van der Waals surface area contributed by atoms with Gasteiger partial charge < -0.3 is 10.2 Å². The van der Waals surface area contributed by atoms with Crippen LogP contribution < -0.4 is 5.32 Å². The minimum Gasteiger partial charge on any atom is -0.314 e. The molecule has 0 heterocycles. The van der Waals surface area contributed by atoms with Gasteiger partial charge in [-0.15, -0.1) is 0 Å². The molecule has 0 bridgehead atoms. The molecule has 0 rings (SSSR count). The Kier molecular flexibility index (Phi) is 10.0. The molecule has 0 aromatic rings. The van der Waals surface area contributed by atoms with Crippen molar-refractivity contribution in [1.82, 2.24) is 10.2 Å². The minimum absolute atomic E-state index is 0.676. The second kappa shape index (κ2) is 10.1. The zero-order valence-corrected chi connectivity index (χ0v) is 12.1. The molecule has 0 spiro atoms. The van der Waals surface area contributed by atoms with Gasteiger partial charge in [0.15, 0.2) is 0 Å². The third-order valence-electron chi connectivity index (χ3n) is 3.07. The lowest BCUT2D eigenvalue weighted by atomic mass is 10.1. The summed E-state index contributed by atoms with van der Waals surface area (Å²) in [7, 11) is 0. The highest BCUT2D eigenvalue weighted by atomic mass is 15.1. The fourth-order valence-electron chi connectivity index (χ4n) is 2.01. The number of nitrogens with zero attached hydrogens (tertiary/aromatic N) is 1. The summed E-state index contributed by atoms with van der Waals surface area (Å²) in [5, 5.41) is 3.55. The molecule has 0 aliphatic carbocycles. The van der Waals surface area contributed by atoms with Gasteiger partial charge in [0, 0.05) is 12.1 Å². The SMILES string of the molecule is CCCNC(C)CCCN(CCC)C(C)C. The van der Waals surface area contributed by atoms with E-state index in [1.807, 2.05) is 0 Å². The zero-order valence-electron chi connectivity index (χ0n) is 12.1. The molecule has 0 aliphatic heterocycles. The number of hydrogen-bond donors (Lipinski definition) is 1. The van der Waals surface area contributed by atoms with Crippen molar-refractivity contribution in [2.45, 2.75) is 72.4 Å². The molecular weight excluding hydrogens is 196 g/mol. The monoisotopic (exact) mass is 228 g/mol. The van der Waals surface area contributed by atoms with E-state index in [9.17, 15) is 0 Å². The minimum atomic E-state index is 0.676. The van der Waals surface area contributed by atoms with Crippen molar-refractivity contribution in [3.8, 4) is 0 Å². The summed E-state index contributed by atoms with van der Waals surface area (Å²) in [5.41, 5.74) is 0. The van der Waals surface area contributed by atoms with Gasteiger partial charge in [0.05, 0.1) is 0 Å². The van der Waals surface area contributed by atoms with Gasteiger partial charge in [-0.25, -0.2) is 0 Å². The van der Waals surface area contributed by atoms with Gasteiger partial charge in [0.25, 0.3) is 0 Å². The van der Waals surface area contributed by atoms with E-state index in [1.165, 1.54) is 38.8 Å². The molecule has 0 aromatic heterocycles. The highest BCUT2D eigenvalue weighted by molar-refractivity contribution is 4.65. The molecule has 98 valence electrons. The van der Waals surface area contributed by atoms with Gasteiger partial charge in [-0.1, -0.05) is 13.8 Å². The summed E-state index contributed by atoms with van der Waals surface area (Å²) in [6, 6.07) is 1.37. The van der Waals surface area contributed by atoms with Crippen molar-refractivity contribution in [3.05, 3.63) is 0 Å². The Morgan fingerprint density at radius 1 is 1.00 bits per heavy atom. The van der Waals surface area contributed by atoms with Crippen LogP contribution in [0, 0.1) is 0 Å². The Morgan fingerprint density at radius 3 is 2.19 bits per heavy atom. The fourth-order valence-corrected chi connectivity index (χ4v) is 2.01. The van der Waals surface area contributed by atoms with Crippen molar-refractivity contribution in [1.29, 1.82) is 0 Å². The molecule has 1 unspecified atom stereocenters. The summed E-state index contributed by atoms with van der Waals surface area (Å²) in [6.45, 7) is 15.0. The van der Waals surface area contributed by atoms with Crippen LogP contribution in [-0.4, -0.2) is 36.6 Å². The molecular formula is C14H32N2. The molecule has 0 amide bonds. The van der Waals surface area contributed by atoms with Crippen molar-refractivity contribution in [2.24, 2.45) is 0 Å². The van der Waals surface area contributed by atoms with Crippen LogP contribution in [-0.2, 0) is 0 Å². The predicted molar refractivity (Wildman–Crippen MR) is 74.0 cm³/mol. The Bertz CT molecular complexity index is 146. The average Bonchev–Trinajstić information content (AvgIpc) is 2.25. The van der Waals surface area contributed by atoms with E-state index in [0.717, 1.165) is 6.54 Å². The molecule has 2 heteroatoms. The van der Waals surface area contributed by atoms with E-state index >= 15 is 0 Å². The van der Waals surface area contributed by atoms with E-state index in [4.69, 9.17) is 0 Å². The van der Waals surface area contributed by atoms with E-state index in [-0.39, 0.29) is 0 Å². The second-order valence-electron chi connectivity index (χ2n) is 5.13. The normalized spacial score (nSPS) is 13.7. The lowest BCUT2D eigenvalue weighted by Crippen LogP contribution is -2.34. The van der Waals surface area contributed by atoms with Gasteiger partial charge in [0.2, 0.25) is 0 Å². The Labute approximate surface area is 103 Å². The van der Waals surface area contributed by atoms with Gasteiger partial charge >= 0.3 is 0 Å². The maximum atomic E-state index is 3.55. The smallest absolute Gasteiger partial charge is 0.00391 e. The summed E-state index contributed by atoms with van der Waals surface area (Å²) in [4.78, 5) is 2.59. The first-order valence-electron chi connectivity index (χ1n) is 7.09. The van der Waals surface area contributed by atoms with Crippen LogP contribution in [0.1, 0.15) is 60.3 Å². The maximum absolute atomic E-state index is 3.55. The lowest BCUT2D eigenvalue weighted by Gasteiger charge is -2.26. The molecule has 0 saturated carbocycles. The van der Waals surface area contributed by atoms with Crippen LogP contribution in [0.15, 0.2) is 0 Å². The van der Waals surface area contributed by atoms with Crippen molar-refractivity contribution >= 4 is 0 Å². The van der Waals surface area contributed by atoms with Gasteiger partial charge in [-0.2, -0.15) is 0 Å². The molecule has 0 radical (unpaired) electrons. The largest absolute Gasteiger partial charge is 0.314 e. The van der Waals surface area contributed by atoms with Crippen LogP contribution in [0.25, 0.3) is 0 Å². The third-order valence-corrected chi connectivity index (χ3v) is 3.07. The first-order valence-corrected chi connectivity index (χ1v) is 7.09. The van der Waals surface area contributed by atoms with Gasteiger partial charge in [0.1, 0.15) is 0 Å². The third kappa shape index (κ3) is 8.12. The molecule has 0 aromatic carbocycles. The quantitative estimate of drug-likeness (QED) is 0.617. The maximum Gasteiger partial charge on any atom is 0.00391 e. The first-order chi connectivity index (χ1) is 7.61. The van der Waals surface area contributed by atoms with Crippen LogP contribution in [0.5, 0.6) is 0 Å². The molecule has 1 N–H and O–H groups in total. The summed E-state index contributed by atoms with van der Waals surface area (Å²) >= 11 is 0. The van der Waals surface area contributed by atoms with Crippen LogP contribution in [0.4, 0.5) is 0 Å². The Hall–Kier alpha value is -0.0800. The molecule has 1 atom stereocenters. The lowest BCUT2D eigenvalue weighted by molar-refractivity contribution is 0.215. The Balaban J connectivity index is 3.60. The molecule has 0 aliphatic rings. The first kappa shape index (κ1) is 15.9.